The van der Waals surface area contributed by atoms with E-state index in [2.05, 4.69) is 25.2 Å². The molecular formula is C18H19F3N6O. The molecule has 4 rings (SSSR count). The number of anilines is 1. The van der Waals surface area contributed by atoms with Gasteiger partial charge in [-0.25, -0.2) is 15.0 Å². The summed E-state index contributed by atoms with van der Waals surface area (Å²) >= 11 is 0. The van der Waals surface area contributed by atoms with Crippen LogP contribution in [0.1, 0.15) is 11.1 Å². The fourth-order valence-corrected chi connectivity index (χ4v) is 3.40. The monoisotopic (exact) mass is 392 g/mol. The normalized spacial score (nSPS) is 15.3. The molecule has 28 heavy (non-hydrogen) atoms. The first kappa shape index (κ1) is 18.5. The Kier molecular flexibility index (Phi) is 4.18. The number of aromatic nitrogens is 4. The van der Waals surface area contributed by atoms with Crippen molar-refractivity contribution in [2.24, 2.45) is 7.05 Å². The van der Waals surface area contributed by atoms with Crippen molar-refractivity contribution in [3.8, 4) is 17.1 Å². The van der Waals surface area contributed by atoms with Crippen LogP contribution in [0.25, 0.3) is 22.7 Å². The van der Waals surface area contributed by atoms with Gasteiger partial charge in [0.05, 0.1) is 17.3 Å². The van der Waals surface area contributed by atoms with Crippen molar-refractivity contribution in [1.29, 1.82) is 0 Å². The molecule has 1 aromatic carbocycles. The largest absolute Gasteiger partial charge is 0.507 e. The number of phenols is 1. The molecule has 0 spiro atoms. The number of benzene rings is 1. The van der Waals surface area contributed by atoms with Crippen molar-refractivity contribution in [2.75, 3.05) is 25.0 Å². The molecule has 7 nitrogen and oxygen atoms in total. The van der Waals surface area contributed by atoms with Crippen LogP contribution in [0.5, 0.6) is 5.75 Å². The SMILES string of the molecule is CNC1CN(c2cnc3c(n2)nc(-c2c(C)cc(C(F)(F)F)cc2O)n3C)C1. The summed E-state index contributed by atoms with van der Waals surface area (Å²) in [5.41, 5.74) is 0.465. The molecule has 0 bridgehead atoms. The fourth-order valence-electron chi connectivity index (χ4n) is 3.40. The van der Waals surface area contributed by atoms with E-state index >= 15 is 0 Å². The van der Waals surface area contributed by atoms with Crippen molar-refractivity contribution in [3.63, 3.8) is 0 Å². The molecule has 0 atom stereocenters. The fraction of sp³-hybridized carbons (Fsp3) is 0.389. The molecule has 1 aliphatic rings. The summed E-state index contributed by atoms with van der Waals surface area (Å²) in [6, 6.07) is 2.12. The van der Waals surface area contributed by atoms with Crippen LogP contribution in [0.3, 0.4) is 0 Å². The molecule has 3 heterocycles. The molecule has 0 radical (unpaired) electrons. The summed E-state index contributed by atoms with van der Waals surface area (Å²) in [4.78, 5) is 15.4. The number of aryl methyl sites for hydroxylation is 2. The van der Waals surface area contributed by atoms with Gasteiger partial charge in [0.15, 0.2) is 11.3 Å². The number of halogens is 3. The molecule has 0 saturated carbocycles. The standard InChI is InChI=1S/C18H19F3N6O/c1-9-4-10(18(19,20)21)5-12(28)14(9)16-25-15-17(26(16)3)23-6-13(24-15)27-7-11(8-27)22-2/h4-6,11,22,28H,7-8H2,1-3H3. The average Bonchev–Trinajstić information content (AvgIpc) is 2.89. The topological polar surface area (TPSA) is 79.1 Å². The van der Waals surface area contributed by atoms with Crippen LogP contribution >= 0.6 is 0 Å². The van der Waals surface area contributed by atoms with Crippen LogP contribution in [0.4, 0.5) is 19.0 Å². The van der Waals surface area contributed by atoms with E-state index in [1.165, 1.54) is 6.92 Å². The maximum Gasteiger partial charge on any atom is 0.416 e. The van der Waals surface area contributed by atoms with Crippen molar-refractivity contribution in [2.45, 2.75) is 19.1 Å². The van der Waals surface area contributed by atoms with Crippen LogP contribution in [0, 0.1) is 6.92 Å². The summed E-state index contributed by atoms with van der Waals surface area (Å²) in [6.45, 7) is 3.14. The van der Waals surface area contributed by atoms with E-state index in [9.17, 15) is 18.3 Å². The minimum Gasteiger partial charge on any atom is -0.507 e. The lowest BCUT2D eigenvalue weighted by molar-refractivity contribution is -0.137. The van der Waals surface area contributed by atoms with Crippen LogP contribution in [0.2, 0.25) is 0 Å². The van der Waals surface area contributed by atoms with Crippen molar-refractivity contribution >= 4 is 17.1 Å². The maximum absolute atomic E-state index is 13.0. The highest BCUT2D eigenvalue weighted by atomic mass is 19.4. The zero-order valence-corrected chi connectivity index (χ0v) is 15.5. The highest BCUT2D eigenvalue weighted by Crippen LogP contribution is 2.39. The number of imidazole rings is 1. The van der Waals surface area contributed by atoms with Crippen molar-refractivity contribution in [3.05, 3.63) is 29.5 Å². The van der Waals surface area contributed by atoms with Crippen LogP contribution in [0.15, 0.2) is 18.3 Å². The minimum absolute atomic E-state index is 0.232. The number of nitrogens with zero attached hydrogens (tertiary/aromatic N) is 5. The summed E-state index contributed by atoms with van der Waals surface area (Å²) in [6.07, 6.45) is -2.88. The maximum atomic E-state index is 13.0. The minimum atomic E-state index is -4.53. The number of fused-ring (bicyclic) bond motifs is 1. The Hall–Kier alpha value is -2.88. The number of rotatable bonds is 3. The Morgan fingerprint density at radius 3 is 2.54 bits per heavy atom. The predicted octanol–water partition coefficient (Wildman–Crippen LogP) is 2.47. The van der Waals surface area contributed by atoms with E-state index in [1.54, 1.807) is 17.8 Å². The number of aromatic hydroxyl groups is 1. The summed E-state index contributed by atoms with van der Waals surface area (Å²) in [5.74, 6) is 0.523. The summed E-state index contributed by atoms with van der Waals surface area (Å²) < 4.78 is 40.6. The Bertz CT molecular complexity index is 1030. The van der Waals surface area contributed by atoms with E-state index < -0.39 is 17.5 Å². The van der Waals surface area contributed by atoms with Gasteiger partial charge in [-0.3, -0.25) is 0 Å². The Labute approximate surface area is 158 Å². The summed E-state index contributed by atoms with van der Waals surface area (Å²) in [5, 5.41) is 13.5. The van der Waals surface area contributed by atoms with Gasteiger partial charge in [-0.1, -0.05) is 0 Å². The first-order valence-corrected chi connectivity index (χ1v) is 8.72. The van der Waals surface area contributed by atoms with Gasteiger partial charge >= 0.3 is 6.18 Å². The molecule has 1 fully saturated rings. The molecule has 10 heteroatoms. The van der Waals surface area contributed by atoms with Gasteiger partial charge in [-0.15, -0.1) is 0 Å². The van der Waals surface area contributed by atoms with E-state index in [4.69, 9.17) is 0 Å². The molecule has 3 aromatic rings. The first-order valence-electron chi connectivity index (χ1n) is 8.72. The second-order valence-electron chi connectivity index (χ2n) is 6.95. The van der Waals surface area contributed by atoms with Gasteiger partial charge in [0, 0.05) is 26.2 Å². The van der Waals surface area contributed by atoms with E-state index in [-0.39, 0.29) is 11.1 Å². The smallest absolute Gasteiger partial charge is 0.416 e. The Balaban J connectivity index is 1.76. The van der Waals surface area contributed by atoms with E-state index in [0.717, 1.165) is 19.2 Å². The van der Waals surface area contributed by atoms with Gasteiger partial charge in [-0.05, 0) is 31.7 Å². The quantitative estimate of drug-likeness (QED) is 0.713. The molecule has 2 N–H and O–H groups in total. The number of likely N-dealkylation sites (N-methyl/N-ethyl adjacent to an activating group) is 1. The predicted molar refractivity (Wildman–Crippen MR) is 98.2 cm³/mol. The average molecular weight is 392 g/mol. The number of phenolic OH excluding ortho intramolecular Hbond substituents is 1. The molecule has 0 aliphatic carbocycles. The third-order valence-electron chi connectivity index (χ3n) is 5.05. The Morgan fingerprint density at radius 1 is 1.21 bits per heavy atom. The lowest BCUT2D eigenvalue weighted by Gasteiger charge is -2.39. The third-order valence-corrected chi connectivity index (χ3v) is 5.05. The molecule has 0 amide bonds. The lowest BCUT2D eigenvalue weighted by Crippen LogP contribution is -2.57. The second kappa shape index (κ2) is 6.33. The molecule has 148 valence electrons. The molecular weight excluding hydrogens is 373 g/mol. The van der Waals surface area contributed by atoms with Crippen molar-refractivity contribution in [1.82, 2.24) is 24.8 Å². The number of nitrogens with one attached hydrogen (secondary N) is 1. The highest BCUT2D eigenvalue weighted by Gasteiger charge is 2.33. The molecule has 1 aliphatic heterocycles. The van der Waals surface area contributed by atoms with Crippen LogP contribution in [-0.4, -0.2) is 50.8 Å². The van der Waals surface area contributed by atoms with Gasteiger partial charge < -0.3 is 19.9 Å². The zero-order chi connectivity index (χ0) is 20.2. The zero-order valence-electron chi connectivity index (χ0n) is 15.5. The van der Waals surface area contributed by atoms with Crippen molar-refractivity contribution < 1.29 is 18.3 Å². The number of alkyl halides is 3. The molecule has 0 unspecified atom stereocenters. The number of hydrogen-bond acceptors (Lipinski definition) is 6. The highest BCUT2D eigenvalue weighted by molar-refractivity contribution is 5.79. The molecule has 1 saturated heterocycles. The van der Waals surface area contributed by atoms with Gasteiger partial charge in [-0.2, -0.15) is 13.2 Å². The second-order valence-corrected chi connectivity index (χ2v) is 6.95. The molecule has 2 aromatic heterocycles. The third kappa shape index (κ3) is 2.93. The van der Waals surface area contributed by atoms with Crippen LogP contribution in [-0.2, 0) is 13.2 Å². The van der Waals surface area contributed by atoms with E-state index in [0.29, 0.717) is 35.0 Å². The summed E-state index contributed by atoms with van der Waals surface area (Å²) in [7, 11) is 3.59. The lowest BCUT2D eigenvalue weighted by atomic mass is 10.0. The van der Waals surface area contributed by atoms with Gasteiger partial charge in [0.1, 0.15) is 17.4 Å². The number of hydrogen-bond donors (Lipinski definition) is 2. The van der Waals surface area contributed by atoms with Crippen LogP contribution < -0.4 is 10.2 Å². The van der Waals surface area contributed by atoms with E-state index in [1.807, 2.05) is 7.05 Å². The van der Waals surface area contributed by atoms with Gasteiger partial charge in [0.2, 0.25) is 0 Å². The first-order chi connectivity index (χ1) is 13.2. The Morgan fingerprint density at radius 2 is 1.93 bits per heavy atom. The van der Waals surface area contributed by atoms with Gasteiger partial charge in [0.25, 0.3) is 0 Å².